The number of rotatable bonds is 2. The molecule has 0 radical (unpaired) electrons. The monoisotopic (exact) mass is 332 g/mol. The molecular formula is C15H13BrN2S. The quantitative estimate of drug-likeness (QED) is 0.677. The molecule has 0 spiro atoms. The summed E-state index contributed by atoms with van der Waals surface area (Å²) in [7, 11) is 0. The van der Waals surface area contributed by atoms with Crippen LogP contribution in [0.3, 0.4) is 0 Å². The van der Waals surface area contributed by atoms with E-state index in [1.165, 1.54) is 15.8 Å². The van der Waals surface area contributed by atoms with Crippen LogP contribution in [0.15, 0.2) is 40.9 Å². The summed E-state index contributed by atoms with van der Waals surface area (Å²) in [4.78, 5) is 4.67. The van der Waals surface area contributed by atoms with Crippen LogP contribution in [0.1, 0.15) is 11.1 Å². The van der Waals surface area contributed by atoms with Gasteiger partial charge in [0.15, 0.2) is 5.13 Å². The Hall–Kier alpha value is -1.39. The topological polar surface area (TPSA) is 24.9 Å². The lowest BCUT2D eigenvalue weighted by Crippen LogP contribution is -1.88. The van der Waals surface area contributed by atoms with Crippen molar-refractivity contribution in [1.82, 2.24) is 4.98 Å². The molecule has 0 atom stereocenters. The average Bonchev–Trinajstić information content (AvgIpc) is 2.75. The lowest BCUT2D eigenvalue weighted by molar-refractivity contribution is 1.37. The highest BCUT2D eigenvalue weighted by molar-refractivity contribution is 9.10. The van der Waals surface area contributed by atoms with Crippen molar-refractivity contribution >= 4 is 48.3 Å². The Morgan fingerprint density at radius 1 is 1.11 bits per heavy atom. The zero-order valence-corrected chi connectivity index (χ0v) is 13.1. The number of benzene rings is 2. The lowest BCUT2D eigenvalue weighted by atomic mass is 10.1. The van der Waals surface area contributed by atoms with E-state index in [0.29, 0.717) is 0 Å². The first-order valence-corrected chi connectivity index (χ1v) is 7.63. The third kappa shape index (κ3) is 2.65. The Morgan fingerprint density at radius 3 is 2.58 bits per heavy atom. The third-order valence-corrected chi connectivity index (χ3v) is 4.37. The van der Waals surface area contributed by atoms with E-state index in [-0.39, 0.29) is 0 Å². The van der Waals surface area contributed by atoms with Crippen LogP contribution in [-0.4, -0.2) is 4.98 Å². The molecule has 4 heteroatoms. The number of nitrogens with one attached hydrogen (secondary N) is 1. The van der Waals surface area contributed by atoms with Gasteiger partial charge in [0, 0.05) is 10.2 Å². The van der Waals surface area contributed by atoms with Gasteiger partial charge in [0.05, 0.1) is 10.2 Å². The number of fused-ring (bicyclic) bond motifs is 1. The average molecular weight is 333 g/mol. The fraction of sp³-hybridized carbons (Fsp3) is 0.133. The van der Waals surface area contributed by atoms with Crippen molar-refractivity contribution < 1.29 is 0 Å². The highest BCUT2D eigenvalue weighted by Crippen LogP contribution is 2.31. The second-order valence-electron chi connectivity index (χ2n) is 4.58. The number of aryl methyl sites for hydroxylation is 2. The van der Waals surface area contributed by atoms with Crippen molar-refractivity contribution in [2.45, 2.75) is 13.8 Å². The number of halogens is 1. The summed E-state index contributed by atoms with van der Waals surface area (Å²) in [6.07, 6.45) is 0. The molecule has 0 saturated heterocycles. The standard InChI is InChI=1S/C15H13BrN2S/c1-9-7-10(2)14-13(8-9)19-15(18-14)17-12-5-3-11(16)4-6-12/h3-8H,1-2H3,(H,17,18). The number of thiazole rings is 1. The first-order valence-electron chi connectivity index (χ1n) is 6.02. The minimum atomic E-state index is 0.936. The van der Waals surface area contributed by atoms with Gasteiger partial charge in [-0.1, -0.05) is 33.3 Å². The summed E-state index contributed by atoms with van der Waals surface area (Å²) in [6, 6.07) is 12.5. The van der Waals surface area contributed by atoms with Crippen molar-refractivity contribution in [2.24, 2.45) is 0 Å². The molecular weight excluding hydrogens is 320 g/mol. The second kappa shape index (κ2) is 4.94. The molecule has 96 valence electrons. The SMILES string of the molecule is Cc1cc(C)c2nc(Nc3ccc(Br)cc3)sc2c1. The van der Waals surface area contributed by atoms with E-state index >= 15 is 0 Å². The molecule has 0 bridgehead atoms. The maximum absolute atomic E-state index is 4.67. The summed E-state index contributed by atoms with van der Waals surface area (Å²) >= 11 is 5.13. The molecule has 3 rings (SSSR count). The van der Waals surface area contributed by atoms with Gasteiger partial charge in [-0.05, 0) is 55.3 Å². The van der Waals surface area contributed by atoms with Crippen molar-refractivity contribution in [3.05, 3.63) is 52.0 Å². The zero-order valence-electron chi connectivity index (χ0n) is 10.7. The van der Waals surface area contributed by atoms with Gasteiger partial charge in [-0.3, -0.25) is 0 Å². The predicted octanol–water partition coefficient (Wildman–Crippen LogP) is 5.42. The summed E-state index contributed by atoms with van der Waals surface area (Å²) in [5, 5.41) is 4.29. The van der Waals surface area contributed by atoms with Gasteiger partial charge in [0.25, 0.3) is 0 Å². The first kappa shape index (κ1) is 12.6. The Kier molecular flexibility index (Phi) is 3.29. The van der Waals surface area contributed by atoms with Crippen molar-refractivity contribution in [1.29, 1.82) is 0 Å². The van der Waals surface area contributed by atoms with Crippen LogP contribution in [0.5, 0.6) is 0 Å². The van der Waals surface area contributed by atoms with Crippen LogP contribution in [0.4, 0.5) is 10.8 Å². The summed E-state index contributed by atoms with van der Waals surface area (Å²) < 4.78 is 2.31. The molecule has 0 unspecified atom stereocenters. The van der Waals surface area contributed by atoms with Crippen LogP contribution in [0.25, 0.3) is 10.2 Å². The first-order chi connectivity index (χ1) is 9.11. The van der Waals surface area contributed by atoms with Crippen molar-refractivity contribution in [2.75, 3.05) is 5.32 Å². The summed E-state index contributed by atoms with van der Waals surface area (Å²) in [5.41, 5.74) is 4.66. The molecule has 19 heavy (non-hydrogen) atoms. The fourth-order valence-electron chi connectivity index (χ4n) is 2.08. The highest BCUT2D eigenvalue weighted by atomic mass is 79.9. The van der Waals surface area contributed by atoms with E-state index < -0.39 is 0 Å². The van der Waals surface area contributed by atoms with Gasteiger partial charge in [0.1, 0.15) is 0 Å². The Labute approximate surface area is 124 Å². The maximum atomic E-state index is 4.67. The Morgan fingerprint density at radius 2 is 1.84 bits per heavy atom. The molecule has 0 aliphatic carbocycles. The van der Waals surface area contributed by atoms with Gasteiger partial charge in [-0.15, -0.1) is 0 Å². The smallest absolute Gasteiger partial charge is 0.188 e. The predicted molar refractivity (Wildman–Crippen MR) is 86.5 cm³/mol. The molecule has 2 aromatic carbocycles. The van der Waals surface area contributed by atoms with E-state index in [2.05, 4.69) is 52.2 Å². The third-order valence-electron chi connectivity index (χ3n) is 2.93. The van der Waals surface area contributed by atoms with E-state index in [1.54, 1.807) is 11.3 Å². The van der Waals surface area contributed by atoms with Gasteiger partial charge >= 0.3 is 0 Å². The van der Waals surface area contributed by atoms with Crippen LogP contribution < -0.4 is 5.32 Å². The van der Waals surface area contributed by atoms with E-state index in [0.717, 1.165) is 20.8 Å². The number of hydrogen-bond acceptors (Lipinski definition) is 3. The normalized spacial score (nSPS) is 10.9. The molecule has 0 aliphatic heterocycles. The Balaban J connectivity index is 1.97. The van der Waals surface area contributed by atoms with Crippen molar-refractivity contribution in [3.8, 4) is 0 Å². The number of aromatic nitrogens is 1. The van der Waals surface area contributed by atoms with Crippen LogP contribution in [-0.2, 0) is 0 Å². The molecule has 1 N–H and O–H groups in total. The molecule has 1 aromatic heterocycles. The van der Waals surface area contributed by atoms with E-state index in [1.807, 2.05) is 24.3 Å². The minimum absolute atomic E-state index is 0.936. The van der Waals surface area contributed by atoms with Crippen LogP contribution >= 0.6 is 27.3 Å². The second-order valence-corrected chi connectivity index (χ2v) is 6.53. The number of anilines is 2. The van der Waals surface area contributed by atoms with E-state index in [4.69, 9.17) is 0 Å². The van der Waals surface area contributed by atoms with E-state index in [9.17, 15) is 0 Å². The number of nitrogens with zero attached hydrogens (tertiary/aromatic N) is 1. The minimum Gasteiger partial charge on any atom is -0.332 e. The van der Waals surface area contributed by atoms with Gasteiger partial charge in [-0.2, -0.15) is 0 Å². The largest absolute Gasteiger partial charge is 0.332 e. The zero-order chi connectivity index (χ0) is 13.4. The van der Waals surface area contributed by atoms with Crippen LogP contribution in [0, 0.1) is 13.8 Å². The fourth-order valence-corrected chi connectivity index (χ4v) is 3.41. The molecule has 0 fully saturated rings. The summed E-state index contributed by atoms with van der Waals surface area (Å²) in [6.45, 7) is 4.23. The van der Waals surface area contributed by atoms with Gasteiger partial charge < -0.3 is 5.32 Å². The molecule has 0 aliphatic rings. The van der Waals surface area contributed by atoms with Crippen LogP contribution in [0.2, 0.25) is 0 Å². The van der Waals surface area contributed by atoms with Crippen molar-refractivity contribution in [3.63, 3.8) is 0 Å². The molecule has 2 nitrogen and oxygen atoms in total. The lowest BCUT2D eigenvalue weighted by Gasteiger charge is -2.01. The molecule has 1 heterocycles. The maximum Gasteiger partial charge on any atom is 0.188 e. The molecule has 0 amide bonds. The highest BCUT2D eigenvalue weighted by Gasteiger charge is 2.07. The molecule has 0 saturated carbocycles. The van der Waals surface area contributed by atoms with Gasteiger partial charge in [0.2, 0.25) is 0 Å². The molecule has 3 aromatic rings. The van der Waals surface area contributed by atoms with Gasteiger partial charge in [-0.25, -0.2) is 4.98 Å². The number of hydrogen-bond donors (Lipinski definition) is 1. The Bertz CT molecular complexity index is 732. The summed E-state index contributed by atoms with van der Waals surface area (Å²) in [5.74, 6) is 0.